The first-order chi connectivity index (χ1) is 10.1. The molecule has 3 aliphatic rings. The molecule has 0 amide bonds. The van der Waals surface area contributed by atoms with Gasteiger partial charge in [0.05, 0.1) is 7.11 Å². The predicted octanol–water partition coefficient (Wildman–Crippen LogP) is 4.12. The number of rotatable bonds is 1. The topological polar surface area (TPSA) is 26.3 Å². The van der Waals surface area contributed by atoms with Crippen molar-refractivity contribution in [3.05, 3.63) is 29.3 Å². The maximum Gasteiger partial charge on any atom is 0.139 e. The van der Waals surface area contributed by atoms with Gasteiger partial charge in [-0.25, -0.2) is 0 Å². The van der Waals surface area contributed by atoms with Crippen molar-refractivity contribution in [2.45, 2.75) is 51.4 Å². The third kappa shape index (κ3) is 1.81. The number of hydrogen-bond acceptors (Lipinski definition) is 2. The Labute approximate surface area is 126 Å². The van der Waals surface area contributed by atoms with E-state index in [1.54, 1.807) is 7.11 Å². The van der Waals surface area contributed by atoms with Crippen LogP contribution < -0.4 is 4.74 Å². The molecule has 0 spiro atoms. The van der Waals surface area contributed by atoms with E-state index in [-0.39, 0.29) is 5.41 Å². The average Bonchev–Trinajstić information content (AvgIpc) is 2.82. The van der Waals surface area contributed by atoms with E-state index in [9.17, 15) is 4.79 Å². The number of fused-ring (bicyclic) bond motifs is 5. The summed E-state index contributed by atoms with van der Waals surface area (Å²) >= 11 is 0. The second-order valence-electron chi connectivity index (χ2n) is 7.40. The molecular weight excluding hydrogens is 260 g/mol. The summed E-state index contributed by atoms with van der Waals surface area (Å²) in [6.07, 6.45) is 6.61. The van der Waals surface area contributed by atoms with Crippen LogP contribution in [0.1, 0.15) is 56.1 Å². The van der Waals surface area contributed by atoms with Crippen molar-refractivity contribution in [3.8, 4) is 5.75 Å². The van der Waals surface area contributed by atoms with E-state index in [4.69, 9.17) is 4.74 Å². The first-order valence-corrected chi connectivity index (χ1v) is 8.33. The Hall–Kier alpha value is -1.31. The summed E-state index contributed by atoms with van der Waals surface area (Å²) in [5.41, 5.74) is 3.00. The summed E-state index contributed by atoms with van der Waals surface area (Å²) in [7, 11) is 1.74. The fraction of sp³-hybridized carbons (Fsp3) is 0.632. The molecule has 0 aliphatic heterocycles. The van der Waals surface area contributed by atoms with Crippen molar-refractivity contribution in [2.75, 3.05) is 7.11 Å². The Bertz CT molecular complexity index is 591. The van der Waals surface area contributed by atoms with Crippen LogP contribution in [0.25, 0.3) is 0 Å². The van der Waals surface area contributed by atoms with Crippen LogP contribution in [0.3, 0.4) is 0 Å². The molecule has 2 saturated carbocycles. The van der Waals surface area contributed by atoms with Crippen LogP contribution >= 0.6 is 0 Å². The van der Waals surface area contributed by atoms with Gasteiger partial charge in [-0.2, -0.15) is 0 Å². The predicted molar refractivity (Wildman–Crippen MR) is 82.6 cm³/mol. The molecule has 0 unspecified atom stereocenters. The Morgan fingerprint density at radius 2 is 2.05 bits per heavy atom. The largest absolute Gasteiger partial charge is 0.497 e. The zero-order valence-electron chi connectivity index (χ0n) is 13.0. The van der Waals surface area contributed by atoms with Crippen molar-refractivity contribution in [2.24, 2.45) is 17.3 Å². The number of ether oxygens (including phenoxy) is 1. The summed E-state index contributed by atoms with van der Waals surface area (Å²) in [5, 5.41) is 0. The number of benzene rings is 1. The molecule has 0 heterocycles. The molecule has 1 aromatic rings. The van der Waals surface area contributed by atoms with E-state index in [0.717, 1.165) is 37.4 Å². The summed E-state index contributed by atoms with van der Waals surface area (Å²) in [6, 6.07) is 6.61. The van der Waals surface area contributed by atoms with Crippen molar-refractivity contribution >= 4 is 5.78 Å². The van der Waals surface area contributed by atoms with E-state index in [1.807, 2.05) is 0 Å². The van der Waals surface area contributed by atoms with Gasteiger partial charge in [0.15, 0.2) is 0 Å². The van der Waals surface area contributed by atoms with Crippen LogP contribution in [0, 0.1) is 17.3 Å². The lowest BCUT2D eigenvalue weighted by molar-refractivity contribution is -0.129. The van der Waals surface area contributed by atoms with Gasteiger partial charge in [0.1, 0.15) is 11.5 Å². The monoisotopic (exact) mass is 284 g/mol. The number of hydrogen-bond donors (Lipinski definition) is 0. The third-order valence-electron chi connectivity index (χ3n) is 6.64. The zero-order chi connectivity index (χ0) is 14.6. The number of methoxy groups -OCH3 is 1. The minimum Gasteiger partial charge on any atom is -0.497 e. The van der Waals surface area contributed by atoms with Crippen LogP contribution in [0.15, 0.2) is 18.2 Å². The highest BCUT2D eigenvalue weighted by molar-refractivity contribution is 5.87. The minimum atomic E-state index is -0.00879. The van der Waals surface area contributed by atoms with Crippen LogP contribution in [-0.2, 0) is 11.2 Å². The van der Waals surface area contributed by atoms with E-state index in [2.05, 4.69) is 25.1 Å². The maximum atomic E-state index is 12.3. The Kier molecular flexibility index (Phi) is 2.92. The van der Waals surface area contributed by atoms with Gasteiger partial charge in [0.2, 0.25) is 0 Å². The molecule has 1 aromatic carbocycles. The normalized spacial score (nSPS) is 37.6. The molecule has 0 radical (unpaired) electrons. The molecule has 0 N–H and O–H groups in total. The summed E-state index contributed by atoms with van der Waals surface area (Å²) in [5.74, 6) is 3.52. The van der Waals surface area contributed by atoms with Crippen molar-refractivity contribution < 1.29 is 9.53 Å². The van der Waals surface area contributed by atoms with Gasteiger partial charge in [-0.05, 0) is 73.1 Å². The molecular formula is C19H24O2. The summed E-state index contributed by atoms with van der Waals surface area (Å²) < 4.78 is 5.37. The van der Waals surface area contributed by atoms with Crippen LogP contribution in [0.4, 0.5) is 0 Å². The molecule has 112 valence electrons. The number of carbonyl (C=O) groups excluding carboxylic acids is 1. The number of ketones is 1. The van der Waals surface area contributed by atoms with Gasteiger partial charge in [-0.15, -0.1) is 0 Å². The zero-order valence-corrected chi connectivity index (χ0v) is 13.0. The Morgan fingerprint density at radius 3 is 2.86 bits per heavy atom. The van der Waals surface area contributed by atoms with E-state index < -0.39 is 0 Å². The van der Waals surface area contributed by atoms with E-state index in [0.29, 0.717) is 17.6 Å². The molecule has 4 atom stereocenters. The van der Waals surface area contributed by atoms with Gasteiger partial charge in [0, 0.05) is 11.8 Å². The molecule has 4 rings (SSSR count). The summed E-state index contributed by atoms with van der Waals surface area (Å²) in [6.45, 7) is 2.24. The van der Waals surface area contributed by atoms with E-state index in [1.165, 1.54) is 24.0 Å². The molecule has 2 nitrogen and oxygen atoms in total. The van der Waals surface area contributed by atoms with Crippen LogP contribution in [0.2, 0.25) is 0 Å². The maximum absolute atomic E-state index is 12.3. The Balaban J connectivity index is 1.70. The lowest BCUT2D eigenvalue weighted by atomic mass is 9.55. The quantitative estimate of drug-likeness (QED) is 0.775. The first-order valence-electron chi connectivity index (χ1n) is 8.33. The van der Waals surface area contributed by atoms with E-state index >= 15 is 0 Å². The second kappa shape index (κ2) is 4.59. The molecule has 0 aromatic heterocycles. The Morgan fingerprint density at radius 1 is 1.19 bits per heavy atom. The highest BCUT2D eigenvalue weighted by Crippen LogP contribution is 2.59. The van der Waals surface area contributed by atoms with Crippen LogP contribution in [0.5, 0.6) is 5.75 Å². The first kappa shape index (κ1) is 13.4. The molecule has 3 aliphatic carbocycles. The summed E-state index contributed by atoms with van der Waals surface area (Å²) in [4.78, 5) is 12.3. The van der Waals surface area contributed by atoms with Crippen molar-refractivity contribution in [3.63, 3.8) is 0 Å². The van der Waals surface area contributed by atoms with Crippen molar-refractivity contribution in [1.29, 1.82) is 0 Å². The number of aryl methyl sites for hydroxylation is 1. The van der Waals surface area contributed by atoms with Gasteiger partial charge in [-0.1, -0.05) is 13.0 Å². The molecule has 2 heteroatoms. The lowest BCUT2D eigenvalue weighted by Crippen LogP contribution is -2.42. The van der Waals surface area contributed by atoms with Gasteiger partial charge in [-0.3, -0.25) is 4.79 Å². The second-order valence-corrected chi connectivity index (χ2v) is 7.40. The van der Waals surface area contributed by atoms with Crippen LogP contribution in [-0.4, -0.2) is 12.9 Å². The fourth-order valence-electron chi connectivity index (χ4n) is 5.46. The smallest absolute Gasteiger partial charge is 0.139 e. The number of Topliss-reactive ketones (excluding diaryl/α,β-unsaturated/α-hetero) is 1. The highest BCUT2D eigenvalue weighted by Gasteiger charge is 2.54. The minimum absolute atomic E-state index is 0.00879. The SMILES string of the molecule is COc1ccc2c(c1)CC[C@H]1[C@@H]2CC[C@]2(C)C(=O)CC[C@@H]12. The number of carbonyl (C=O) groups is 1. The molecule has 21 heavy (non-hydrogen) atoms. The highest BCUT2D eigenvalue weighted by atomic mass is 16.5. The van der Waals surface area contributed by atoms with Gasteiger partial charge >= 0.3 is 0 Å². The van der Waals surface area contributed by atoms with Crippen molar-refractivity contribution in [1.82, 2.24) is 0 Å². The third-order valence-corrected chi connectivity index (χ3v) is 6.64. The fourth-order valence-corrected chi connectivity index (χ4v) is 5.46. The van der Waals surface area contributed by atoms with Gasteiger partial charge in [0.25, 0.3) is 0 Å². The molecule has 0 bridgehead atoms. The average molecular weight is 284 g/mol. The molecule has 0 saturated heterocycles. The lowest BCUT2D eigenvalue weighted by Gasteiger charge is -2.48. The standard InChI is InChI=1S/C19H24O2/c1-19-10-9-15-14-6-4-13(21-2)11-12(14)3-5-16(15)17(19)7-8-18(19)20/h4,6,11,15-17H,3,5,7-10H2,1-2H3/t15-,16+,17+,19+/m1/s1. The molecule has 2 fully saturated rings. The van der Waals surface area contributed by atoms with Gasteiger partial charge < -0.3 is 4.74 Å².